The molecule has 2 rings (SSSR count). The number of hydrogen-bond acceptors (Lipinski definition) is 4. The van der Waals surface area contributed by atoms with Crippen LogP contribution in [0.4, 0.5) is 5.82 Å². The Hall–Kier alpha value is -1.15. The van der Waals surface area contributed by atoms with Crippen molar-refractivity contribution in [2.24, 2.45) is 7.05 Å². The Morgan fingerprint density at radius 2 is 2.17 bits per heavy atom. The van der Waals surface area contributed by atoms with Crippen molar-refractivity contribution in [3.05, 3.63) is 11.3 Å². The highest BCUT2D eigenvalue weighted by molar-refractivity contribution is 7.99. The lowest BCUT2D eigenvalue weighted by atomic mass is 9.94. The van der Waals surface area contributed by atoms with E-state index in [0.717, 1.165) is 11.5 Å². The van der Waals surface area contributed by atoms with Gasteiger partial charge in [0.1, 0.15) is 17.5 Å². The molecule has 1 fully saturated rings. The first-order valence-corrected chi connectivity index (χ1v) is 7.69. The van der Waals surface area contributed by atoms with Crippen LogP contribution in [0.3, 0.4) is 0 Å². The van der Waals surface area contributed by atoms with Gasteiger partial charge in [0.15, 0.2) is 0 Å². The Kier molecular flexibility index (Phi) is 4.18. The van der Waals surface area contributed by atoms with Crippen LogP contribution in [0.2, 0.25) is 0 Å². The lowest BCUT2D eigenvalue weighted by Gasteiger charge is -2.31. The molecule has 0 amide bonds. The van der Waals surface area contributed by atoms with E-state index >= 15 is 0 Å². The molecule has 1 aliphatic carbocycles. The number of thioether (sulfide) groups is 1. The summed E-state index contributed by atoms with van der Waals surface area (Å²) in [6.45, 7) is 1.89. The molecule has 2 atom stereocenters. The highest BCUT2D eigenvalue weighted by atomic mass is 32.2. The van der Waals surface area contributed by atoms with E-state index in [2.05, 4.69) is 22.7 Å². The molecular weight excluding hydrogens is 244 g/mol. The number of rotatable bonds is 3. The van der Waals surface area contributed by atoms with Crippen molar-refractivity contribution in [1.82, 2.24) is 9.78 Å². The maximum Gasteiger partial charge on any atom is 0.142 e. The number of nitrogens with one attached hydrogen (secondary N) is 1. The highest BCUT2D eigenvalue weighted by Gasteiger charge is 2.26. The molecule has 0 radical (unpaired) electrons. The van der Waals surface area contributed by atoms with Gasteiger partial charge in [-0.05, 0) is 26.0 Å². The first-order valence-electron chi connectivity index (χ1n) is 6.40. The van der Waals surface area contributed by atoms with Crippen LogP contribution in [-0.4, -0.2) is 27.3 Å². The molecule has 0 bridgehead atoms. The third kappa shape index (κ3) is 2.49. The number of nitrogens with zero attached hydrogens (tertiary/aromatic N) is 3. The number of anilines is 1. The minimum absolute atomic E-state index is 0.454. The summed E-state index contributed by atoms with van der Waals surface area (Å²) in [5.41, 5.74) is 1.49. The molecule has 18 heavy (non-hydrogen) atoms. The first kappa shape index (κ1) is 13.3. The smallest absolute Gasteiger partial charge is 0.142 e. The number of aryl methyl sites for hydroxylation is 2. The Bertz CT molecular complexity index is 460. The van der Waals surface area contributed by atoms with Gasteiger partial charge in [-0.2, -0.15) is 22.1 Å². The molecule has 1 N–H and O–H groups in total. The fourth-order valence-electron chi connectivity index (χ4n) is 2.68. The van der Waals surface area contributed by atoms with Gasteiger partial charge in [-0.1, -0.05) is 12.8 Å². The minimum atomic E-state index is 0.454. The van der Waals surface area contributed by atoms with Gasteiger partial charge in [-0.3, -0.25) is 4.68 Å². The molecule has 0 spiro atoms. The van der Waals surface area contributed by atoms with Crippen molar-refractivity contribution >= 4 is 17.6 Å². The second kappa shape index (κ2) is 5.66. The third-order valence-corrected chi connectivity index (χ3v) is 4.83. The molecule has 2 unspecified atom stereocenters. The summed E-state index contributed by atoms with van der Waals surface area (Å²) in [6.07, 6.45) is 7.20. The highest BCUT2D eigenvalue weighted by Crippen LogP contribution is 2.30. The van der Waals surface area contributed by atoms with Crippen molar-refractivity contribution in [3.8, 4) is 6.07 Å². The van der Waals surface area contributed by atoms with Crippen molar-refractivity contribution in [1.29, 1.82) is 5.26 Å². The van der Waals surface area contributed by atoms with Crippen LogP contribution in [0.5, 0.6) is 0 Å². The predicted molar refractivity (Wildman–Crippen MR) is 75.8 cm³/mol. The molecule has 98 valence electrons. The molecule has 0 saturated heterocycles. The zero-order chi connectivity index (χ0) is 13.1. The molecule has 4 nitrogen and oxygen atoms in total. The third-order valence-electron chi connectivity index (χ3n) is 3.66. The summed E-state index contributed by atoms with van der Waals surface area (Å²) in [5.74, 6) is 0.876. The SMILES string of the molecule is CSC1CCCCC1Nc1c(C#N)c(C)nn1C. The van der Waals surface area contributed by atoms with Crippen molar-refractivity contribution in [2.75, 3.05) is 11.6 Å². The van der Waals surface area contributed by atoms with Crippen LogP contribution in [-0.2, 0) is 7.05 Å². The molecule has 1 heterocycles. The van der Waals surface area contributed by atoms with Crippen molar-refractivity contribution in [2.45, 2.75) is 43.9 Å². The Labute approximate surface area is 113 Å². The summed E-state index contributed by atoms with van der Waals surface area (Å²) in [6, 6.07) is 2.71. The van der Waals surface area contributed by atoms with Crippen LogP contribution in [0.1, 0.15) is 36.9 Å². The first-order chi connectivity index (χ1) is 8.67. The van der Waals surface area contributed by atoms with Crippen LogP contribution in [0.15, 0.2) is 0 Å². The van der Waals surface area contributed by atoms with E-state index in [1.165, 1.54) is 25.7 Å². The van der Waals surface area contributed by atoms with Crippen LogP contribution < -0.4 is 5.32 Å². The normalized spacial score (nSPS) is 23.7. The van der Waals surface area contributed by atoms with Crippen LogP contribution in [0, 0.1) is 18.3 Å². The molecule has 1 aromatic rings. The van der Waals surface area contributed by atoms with Gasteiger partial charge in [0, 0.05) is 18.3 Å². The summed E-state index contributed by atoms with van der Waals surface area (Å²) in [5, 5.41) is 17.7. The maximum absolute atomic E-state index is 9.22. The monoisotopic (exact) mass is 264 g/mol. The second-order valence-corrected chi connectivity index (χ2v) is 5.93. The largest absolute Gasteiger partial charge is 0.365 e. The number of aromatic nitrogens is 2. The Morgan fingerprint density at radius 3 is 2.83 bits per heavy atom. The molecule has 0 aromatic carbocycles. The van der Waals surface area contributed by atoms with E-state index in [9.17, 15) is 5.26 Å². The zero-order valence-corrected chi connectivity index (χ0v) is 12.0. The molecule has 1 saturated carbocycles. The van der Waals surface area contributed by atoms with Crippen molar-refractivity contribution < 1.29 is 0 Å². The summed E-state index contributed by atoms with van der Waals surface area (Å²) in [7, 11) is 1.90. The van der Waals surface area contributed by atoms with Gasteiger partial charge in [0.25, 0.3) is 0 Å². The lowest BCUT2D eigenvalue weighted by molar-refractivity contribution is 0.472. The Balaban J connectivity index is 2.20. The molecule has 1 aromatic heterocycles. The van der Waals surface area contributed by atoms with Crippen LogP contribution >= 0.6 is 11.8 Å². The quantitative estimate of drug-likeness (QED) is 0.912. The van der Waals surface area contributed by atoms with Crippen LogP contribution in [0.25, 0.3) is 0 Å². The van der Waals surface area contributed by atoms with Gasteiger partial charge in [-0.25, -0.2) is 0 Å². The number of hydrogen-bond donors (Lipinski definition) is 1. The van der Waals surface area contributed by atoms with Gasteiger partial charge in [0.05, 0.1) is 5.69 Å². The average molecular weight is 264 g/mol. The Morgan fingerprint density at radius 1 is 1.44 bits per heavy atom. The zero-order valence-electron chi connectivity index (χ0n) is 11.2. The van der Waals surface area contributed by atoms with E-state index in [4.69, 9.17) is 0 Å². The second-order valence-electron chi connectivity index (χ2n) is 4.85. The molecular formula is C13H20N4S. The topological polar surface area (TPSA) is 53.6 Å². The van der Waals surface area contributed by atoms with E-state index in [0.29, 0.717) is 16.9 Å². The number of nitriles is 1. The summed E-state index contributed by atoms with van der Waals surface area (Å²) in [4.78, 5) is 0. The van der Waals surface area contributed by atoms with E-state index < -0.39 is 0 Å². The van der Waals surface area contributed by atoms with Crippen molar-refractivity contribution in [3.63, 3.8) is 0 Å². The fourth-order valence-corrected chi connectivity index (χ4v) is 3.61. The fraction of sp³-hybridized carbons (Fsp3) is 0.692. The predicted octanol–water partition coefficient (Wildman–Crippen LogP) is 2.69. The van der Waals surface area contributed by atoms with E-state index in [1.807, 2.05) is 25.7 Å². The molecule has 0 aliphatic heterocycles. The van der Waals surface area contributed by atoms with Gasteiger partial charge in [-0.15, -0.1) is 0 Å². The van der Waals surface area contributed by atoms with Gasteiger partial charge in [0.2, 0.25) is 0 Å². The van der Waals surface area contributed by atoms with Gasteiger partial charge < -0.3 is 5.32 Å². The van der Waals surface area contributed by atoms with Gasteiger partial charge >= 0.3 is 0 Å². The summed E-state index contributed by atoms with van der Waals surface area (Å²) >= 11 is 1.92. The summed E-state index contributed by atoms with van der Waals surface area (Å²) < 4.78 is 1.79. The average Bonchev–Trinajstić information content (AvgIpc) is 2.64. The minimum Gasteiger partial charge on any atom is -0.365 e. The molecule has 5 heteroatoms. The van der Waals surface area contributed by atoms with E-state index in [-0.39, 0.29) is 0 Å². The standard InChI is InChI=1S/C13H20N4S/c1-9-10(8-14)13(17(2)16-9)15-11-6-4-5-7-12(11)18-3/h11-12,15H,4-7H2,1-3H3. The maximum atomic E-state index is 9.22. The lowest BCUT2D eigenvalue weighted by Crippen LogP contribution is -2.35. The molecule has 1 aliphatic rings. The van der Waals surface area contributed by atoms with E-state index in [1.54, 1.807) is 4.68 Å².